The highest BCUT2D eigenvalue weighted by Crippen LogP contribution is 2.25. The molecule has 1 aliphatic rings. The topological polar surface area (TPSA) is 55.2 Å². The molecule has 1 amide bonds. The lowest BCUT2D eigenvalue weighted by Crippen LogP contribution is -2.44. The molecule has 0 N–H and O–H groups in total. The summed E-state index contributed by atoms with van der Waals surface area (Å²) in [5, 5.41) is 0.654. The van der Waals surface area contributed by atoms with Gasteiger partial charge in [0.1, 0.15) is 11.4 Å². The Hall–Kier alpha value is -1.69. The molecule has 0 spiro atoms. The average molecular weight is 277 g/mol. The number of likely N-dealkylation sites (tertiary alicyclic amines) is 1. The van der Waals surface area contributed by atoms with Crippen molar-refractivity contribution in [2.45, 2.75) is 26.8 Å². The maximum atomic E-state index is 12.4. The smallest absolute Gasteiger partial charge is 0.262 e. The van der Waals surface area contributed by atoms with Crippen molar-refractivity contribution < 1.29 is 4.79 Å². The monoisotopic (exact) mass is 277 g/mol. The van der Waals surface area contributed by atoms with Crippen LogP contribution in [-0.4, -0.2) is 33.4 Å². The van der Waals surface area contributed by atoms with Crippen molar-refractivity contribution in [3.05, 3.63) is 27.1 Å². The van der Waals surface area contributed by atoms with E-state index in [0.29, 0.717) is 5.39 Å². The summed E-state index contributed by atoms with van der Waals surface area (Å²) in [5.74, 6) is -0.000829. The van der Waals surface area contributed by atoms with E-state index < -0.39 is 0 Å². The van der Waals surface area contributed by atoms with Gasteiger partial charge in [0.15, 0.2) is 0 Å². The van der Waals surface area contributed by atoms with Gasteiger partial charge < -0.3 is 4.90 Å². The van der Waals surface area contributed by atoms with Crippen LogP contribution in [0.25, 0.3) is 10.2 Å². The number of thiophene rings is 1. The predicted molar refractivity (Wildman–Crippen MR) is 74.6 cm³/mol. The number of rotatable bonds is 2. The van der Waals surface area contributed by atoms with Gasteiger partial charge in [0.05, 0.1) is 11.7 Å². The lowest BCUT2D eigenvalue weighted by molar-refractivity contribution is -0.135. The molecule has 0 saturated carbocycles. The highest BCUT2D eigenvalue weighted by Gasteiger charge is 2.21. The first-order valence-electron chi connectivity index (χ1n) is 6.31. The standard InChI is InChI=1S/C13H15N3O2S/c1-8-9(2)19-12-11(8)13(18)16(7-14-12)6-10(17)15-4-3-5-15/h7H,3-6H2,1-2H3. The predicted octanol–water partition coefficient (Wildman–Crippen LogP) is 1.31. The number of hydrogen-bond donors (Lipinski definition) is 0. The van der Waals surface area contributed by atoms with Gasteiger partial charge in [-0.1, -0.05) is 0 Å². The van der Waals surface area contributed by atoms with Crippen LogP contribution in [0.5, 0.6) is 0 Å². The summed E-state index contributed by atoms with van der Waals surface area (Å²) in [4.78, 5) is 32.2. The van der Waals surface area contributed by atoms with Crippen LogP contribution >= 0.6 is 11.3 Å². The zero-order valence-corrected chi connectivity index (χ0v) is 11.8. The minimum Gasteiger partial charge on any atom is -0.341 e. The van der Waals surface area contributed by atoms with Gasteiger partial charge >= 0.3 is 0 Å². The molecular formula is C13H15N3O2S. The second-order valence-electron chi connectivity index (χ2n) is 4.88. The summed E-state index contributed by atoms with van der Waals surface area (Å²) < 4.78 is 1.42. The first kappa shape index (κ1) is 12.3. The third kappa shape index (κ3) is 1.96. The maximum Gasteiger partial charge on any atom is 0.262 e. The van der Waals surface area contributed by atoms with Crippen molar-refractivity contribution in [2.24, 2.45) is 0 Å². The van der Waals surface area contributed by atoms with Crippen molar-refractivity contribution in [1.29, 1.82) is 0 Å². The van der Waals surface area contributed by atoms with E-state index in [9.17, 15) is 9.59 Å². The number of nitrogens with zero attached hydrogens (tertiary/aromatic N) is 3. The van der Waals surface area contributed by atoms with E-state index in [1.54, 1.807) is 4.90 Å². The van der Waals surface area contributed by atoms with Crippen LogP contribution in [0.1, 0.15) is 16.9 Å². The third-order valence-electron chi connectivity index (χ3n) is 3.67. The normalized spacial score (nSPS) is 14.7. The van der Waals surface area contributed by atoms with Crippen molar-refractivity contribution in [1.82, 2.24) is 14.5 Å². The number of hydrogen-bond acceptors (Lipinski definition) is 4. The summed E-state index contributed by atoms with van der Waals surface area (Å²) >= 11 is 1.52. The molecule has 3 heterocycles. The number of aryl methyl sites for hydroxylation is 2. The Morgan fingerprint density at radius 2 is 2.16 bits per heavy atom. The quantitative estimate of drug-likeness (QED) is 0.831. The molecule has 5 nitrogen and oxygen atoms in total. The van der Waals surface area contributed by atoms with Gasteiger partial charge in [0.25, 0.3) is 5.56 Å². The summed E-state index contributed by atoms with van der Waals surface area (Å²) in [6.45, 7) is 5.62. The molecule has 0 bridgehead atoms. The molecule has 0 unspecified atom stereocenters. The van der Waals surface area contributed by atoms with Crippen LogP contribution in [0.15, 0.2) is 11.1 Å². The maximum absolute atomic E-state index is 12.4. The number of carbonyl (C=O) groups excluding carboxylic acids is 1. The zero-order chi connectivity index (χ0) is 13.6. The fourth-order valence-electron chi connectivity index (χ4n) is 2.19. The van der Waals surface area contributed by atoms with Crippen LogP contribution < -0.4 is 5.56 Å². The molecular weight excluding hydrogens is 262 g/mol. The first-order valence-corrected chi connectivity index (χ1v) is 7.12. The zero-order valence-electron chi connectivity index (χ0n) is 11.0. The fourth-order valence-corrected chi connectivity index (χ4v) is 3.18. The summed E-state index contributed by atoms with van der Waals surface area (Å²) in [5.41, 5.74) is 0.865. The highest BCUT2D eigenvalue weighted by atomic mass is 32.1. The summed E-state index contributed by atoms with van der Waals surface area (Å²) in [6, 6.07) is 0. The molecule has 0 aliphatic carbocycles. The van der Waals surface area contributed by atoms with E-state index in [-0.39, 0.29) is 18.0 Å². The molecule has 100 valence electrons. The Bertz CT molecular complexity index is 712. The Labute approximate surface area is 114 Å². The molecule has 19 heavy (non-hydrogen) atoms. The van der Waals surface area contributed by atoms with Gasteiger partial charge in [-0.3, -0.25) is 14.2 Å². The van der Waals surface area contributed by atoms with E-state index in [1.165, 1.54) is 22.2 Å². The third-order valence-corrected chi connectivity index (χ3v) is 4.79. The lowest BCUT2D eigenvalue weighted by atomic mass is 10.2. The van der Waals surface area contributed by atoms with Crippen molar-refractivity contribution in [3.63, 3.8) is 0 Å². The van der Waals surface area contributed by atoms with E-state index in [2.05, 4.69) is 4.98 Å². The molecule has 0 aromatic carbocycles. The van der Waals surface area contributed by atoms with Crippen LogP contribution in [-0.2, 0) is 11.3 Å². The van der Waals surface area contributed by atoms with E-state index in [1.807, 2.05) is 13.8 Å². The highest BCUT2D eigenvalue weighted by molar-refractivity contribution is 7.18. The molecule has 3 rings (SSSR count). The molecule has 6 heteroatoms. The summed E-state index contributed by atoms with van der Waals surface area (Å²) in [7, 11) is 0. The number of amides is 1. The first-order chi connectivity index (χ1) is 9.08. The van der Waals surface area contributed by atoms with E-state index >= 15 is 0 Å². The second kappa shape index (κ2) is 4.45. The van der Waals surface area contributed by atoms with Crippen LogP contribution in [0.4, 0.5) is 0 Å². The average Bonchev–Trinajstić information content (AvgIpc) is 2.57. The van der Waals surface area contributed by atoms with Crippen LogP contribution in [0.2, 0.25) is 0 Å². The number of fused-ring (bicyclic) bond motifs is 1. The van der Waals surface area contributed by atoms with Gasteiger partial charge in [0, 0.05) is 18.0 Å². The van der Waals surface area contributed by atoms with Crippen molar-refractivity contribution >= 4 is 27.5 Å². The minimum atomic E-state index is -0.110. The molecule has 1 fully saturated rings. The lowest BCUT2D eigenvalue weighted by Gasteiger charge is -2.30. The van der Waals surface area contributed by atoms with Crippen molar-refractivity contribution in [3.8, 4) is 0 Å². The van der Waals surface area contributed by atoms with Gasteiger partial charge in [-0.25, -0.2) is 4.98 Å². The van der Waals surface area contributed by atoms with Crippen LogP contribution in [0, 0.1) is 13.8 Å². The second-order valence-corrected chi connectivity index (χ2v) is 6.08. The van der Waals surface area contributed by atoms with E-state index in [0.717, 1.165) is 34.8 Å². The molecule has 1 saturated heterocycles. The number of aromatic nitrogens is 2. The number of carbonyl (C=O) groups is 1. The van der Waals surface area contributed by atoms with Gasteiger partial charge in [0.2, 0.25) is 5.91 Å². The Morgan fingerprint density at radius 3 is 2.79 bits per heavy atom. The largest absolute Gasteiger partial charge is 0.341 e. The fraction of sp³-hybridized carbons (Fsp3) is 0.462. The van der Waals surface area contributed by atoms with Gasteiger partial charge in [-0.15, -0.1) is 11.3 Å². The molecule has 0 radical (unpaired) electrons. The Balaban J connectivity index is 2.00. The summed E-state index contributed by atoms with van der Waals surface area (Å²) in [6.07, 6.45) is 2.54. The SMILES string of the molecule is Cc1sc2ncn(CC(=O)N3CCC3)c(=O)c2c1C. The minimum absolute atomic E-state index is 0.000829. The van der Waals surface area contributed by atoms with E-state index in [4.69, 9.17) is 0 Å². The molecule has 2 aromatic heterocycles. The van der Waals surface area contributed by atoms with Gasteiger partial charge in [-0.2, -0.15) is 0 Å². The Kier molecular flexibility index (Phi) is 2.89. The Morgan fingerprint density at radius 1 is 1.42 bits per heavy atom. The van der Waals surface area contributed by atoms with Gasteiger partial charge in [-0.05, 0) is 25.8 Å². The van der Waals surface area contributed by atoms with Crippen LogP contribution in [0.3, 0.4) is 0 Å². The van der Waals surface area contributed by atoms with Crippen molar-refractivity contribution in [2.75, 3.05) is 13.1 Å². The molecule has 0 atom stereocenters. The molecule has 1 aliphatic heterocycles. The molecule has 2 aromatic rings.